The molecule has 0 saturated carbocycles. The number of nitrogens with zero attached hydrogens (tertiary/aromatic N) is 1. The minimum absolute atomic E-state index is 0.0298. The fraction of sp³-hybridized carbons (Fsp3) is 0.300. The lowest BCUT2D eigenvalue weighted by Gasteiger charge is -2.38. The van der Waals surface area contributed by atoms with Crippen LogP contribution in [0.2, 0.25) is 10.0 Å². The van der Waals surface area contributed by atoms with Gasteiger partial charge in [-0.05, 0) is 55.7 Å². The maximum Gasteiger partial charge on any atom is 0.173 e. The van der Waals surface area contributed by atoms with E-state index < -0.39 is 5.60 Å². The molecule has 0 saturated heterocycles. The Morgan fingerprint density at radius 1 is 1.12 bits per heavy atom. The van der Waals surface area contributed by atoms with Crippen molar-refractivity contribution in [2.75, 3.05) is 0 Å². The van der Waals surface area contributed by atoms with E-state index in [2.05, 4.69) is 6.07 Å². The number of hydrogen-bond donors (Lipinski definition) is 0. The minimum Gasteiger partial charge on any atom is -0.486 e. The lowest BCUT2D eigenvalue weighted by Crippen LogP contribution is -2.45. The molecule has 25 heavy (non-hydrogen) atoms. The van der Waals surface area contributed by atoms with E-state index in [9.17, 15) is 4.79 Å². The highest BCUT2D eigenvalue weighted by Crippen LogP contribution is 2.41. The first-order chi connectivity index (χ1) is 11.8. The van der Waals surface area contributed by atoms with Crippen molar-refractivity contribution in [1.82, 2.24) is 0 Å². The summed E-state index contributed by atoms with van der Waals surface area (Å²) in [5, 5.41) is 9.80. The number of hydrogen-bond acceptors (Lipinski definition) is 3. The number of carbonyl (C=O) groups is 1. The largest absolute Gasteiger partial charge is 0.486 e. The topological polar surface area (TPSA) is 50.1 Å². The molecule has 1 heterocycles. The summed E-state index contributed by atoms with van der Waals surface area (Å²) in [4.78, 5) is 12.9. The molecule has 5 heteroatoms. The molecule has 2 aromatic rings. The van der Waals surface area contributed by atoms with E-state index >= 15 is 0 Å². The van der Waals surface area contributed by atoms with Gasteiger partial charge in [0.2, 0.25) is 0 Å². The molecule has 0 radical (unpaired) electrons. The fourth-order valence-corrected chi connectivity index (χ4v) is 3.51. The van der Waals surface area contributed by atoms with Gasteiger partial charge < -0.3 is 4.74 Å². The molecular formula is C20H17Cl2NO2. The molecule has 0 amide bonds. The molecule has 1 aliphatic rings. The van der Waals surface area contributed by atoms with E-state index in [0.29, 0.717) is 34.2 Å². The molecular weight excluding hydrogens is 357 g/mol. The predicted molar refractivity (Wildman–Crippen MR) is 99.3 cm³/mol. The summed E-state index contributed by atoms with van der Waals surface area (Å²) in [5.41, 5.74) is 1.71. The molecule has 3 nitrogen and oxygen atoms in total. The van der Waals surface area contributed by atoms with E-state index in [4.69, 9.17) is 33.2 Å². The van der Waals surface area contributed by atoms with Crippen LogP contribution < -0.4 is 4.74 Å². The first kappa shape index (κ1) is 17.8. The highest BCUT2D eigenvalue weighted by Gasteiger charge is 2.42. The average Bonchev–Trinajstić information content (AvgIpc) is 2.56. The third-order valence-electron chi connectivity index (χ3n) is 4.57. The Morgan fingerprint density at radius 3 is 2.48 bits per heavy atom. The summed E-state index contributed by atoms with van der Waals surface area (Å²) in [6.45, 7) is 3.78. The van der Waals surface area contributed by atoms with E-state index in [1.807, 2.05) is 32.0 Å². The van der Waals surface area contributed by atoms with E-state index in [1.165, 1.54) is 0 Å². The number of nitriles is 1. The summed E-state index contributed by atoms with van der Waals surface area (Å²) in [6.07, 6.45) is 0.830. The summed E-state index contributed by atoms with van der Waals surface area (Å²) in [6, 6.07) is 13.0. The highest BCUT2D eigenvalue weighted by molar-refractivity contribution is 6.42. The third kappa shape index (κ3) is 3.38. The number of fused-ring (bicyclic) bond motifs is 1. The molecule has 1 unspecified atom stereocenters. The van der Waals surface area contributed by atoms with E-state index in [-0.39, 0.29) is 11.7 Å². The smallest absolute Gasteiger partial charge is 0.173 e. The molecule has 0 aliphatic carbocycles. The zero-order valence-corrected chi connectivity index (χ0v) is 15.5. The Hall–Kier alpha value is -2.02. The maximum absolute atomic E-state index is 12.9. The van der Waals surface area contributed by atoms with E-state index in [1.54, 1.807) is 18.2 Å². The number of halogens is 2. The normalized spacial score (nSPS) is 18.2. The Balaban J connectivity index is 2.00. The van der Waals surface area contributed by atoms with Crippen molar-refractivity contribution in [2.24, 2.45) is 5.92 Å². The van der Waals surface area contributed by atoms with Gasteiger partial charge in [-0.25, -0.2) is 0 Å². The second kappa shape index (κ2) is 6.71. The van der Waals surface area contributed by atoms with Crippen LogP contribution in [0.5, 0.6) is 5.75 Å². The Kier molecular flexibility index (Phi) is 4.77. The quantitative estimate of drug-likeness (QED) is 0.669. The van der Waals surface area contributed by atoms with Crippen molar-refractivity contribution >= 4 is 29.0 Å². The van der Waals surface area contributed by atoms with Gasteiger partial charge in [-0.1, -0.05) is 35.3 Å². The summed E-state index contributed by atoms with van der Waals surface area (Å²) >= 11 is 12.1. The van der Waals surface area contributed by atoms with Gasteiger partial charge in [-0.2, -0.15) is 5.26 Å². The van der Waals surface area contributed by atoms with Crippen molar-refractivity contribution in [3.63, 3.8) is 0 Å². The SMILES string of the molecule is CC1(C)Oc2cc(-c3ccc(Cl)c(Cl)c3)ccc2C(=O)C1CCC#N. The number of carbonyl (C=O) groups excluding carboxylic acids is 1. The van der Waals surface area contributed by atoms with Crippen LogP contribution in [0, 0.1) is 17.2 Å². The van der Waals surface area contributed by atoms with Crippen molar-refractivity contribution in [3.05, 3.63) is 52.0 Å². The molecule has 0 aromatic heterocycles. The number of ketones is 1. The number of benzene rings is 2. The zero-order chi connectivity index (χ0) is 18.2. The van der Waals surface area contributed by atoms with Crippen molar-refractivity contribution in [3.8, 4) is 22.9 Å². The summed E-state index contributed by atoms with van der Waals surface area (Å²) in [7, 11) is 0. The summed E-state index contributed by atoms with van der Waals surface area (Å²) in [5.74, 6) is 0.268. The molecule has 3 rings (SSSR count). The Labute approximate surface area is 157 Å². The van der Waals surface area contributed by atoms with Gasteiger partial charge in [0.05, 0.1) is 27.6 Å². The average molecular weight is 374 g/mol. The highest BCUT2D eigenvalue weighted by atomic mass is 35.5. The molecule has 0 N–H and O–H groups in total. The van der Waals surface area contributed by atoms with Gasteiger partial charge in [-0.3, -0.25) is 4.79 Å². The third-order valence-corrected chi connectivity index (χ3v) is 5.31. The van der Waals surface area contributed by atoms with E-state index in [0.717, 1.165) is 11.1 Å². The molecule has 1 atom stereocenters. The number of Topliss-reactive ketones (excluding diaryl/α,β-unsaturated/α-hetero) is 1. The monoisotopic (exact) mass is 373 g/mol. The standard InChI is InChI=1S/C20H17Cl2NO2/c1-20(2)15(4-3-9-23)19(24)14-7-5-13(11-18(14)25-20)12-6-8-16(21)17(22)10-12/h5-8,10-11,15H,3-4H2,1-2H3. The van der Waals surface area contributed by atoms with Gasteiger partial charge >= 0.3 is 0 Å². The molecule has 0 bridgehead atoms. The zero-order valence-electron chi connectivity index (χ0n) is 14.0. The van der Waals surface area contributed by atoms with Crippen LogP contribution >= 0.6 is 23.2 Å². The van der Waals surface area contributed by atoms with Crippen LogP contribution in [0.1, 0.15) is 37.0 Å². The first-order valence-electron chi connectivity index (χ1n) is 8.03. The molecule has 0 spiro atoms. The second-order valence-corrected chi connectivity index (χ2v) is 7.47. The number of ether oxygens (including phenoxy) is 1. The molecule has 0 fully saturated rings. The van der Waals surface area contributed by atoms with Crippen LogP contribution in [0.3, 0.4) is 0 Å². The van der Waals surface area contributed by atoms with Crippen molar-refractivity contribution < 1.29 is 9.53 Å². The van der Waals surface area contributed by atoms with Crippen LogP contribution in [0.15, 0.2) is 36.4 Å². The van der Waals surface area contributed by atoms with Crippen LogP contribution in [-0.2, 0) is 0 Å². The Bertz CT molecular complexity index is 884. The van der Waals surface area contributed by atoms with Crippen LogP contribution in [0.4, 0.5) is 0 Å². The molecule has 1 aliphatic heterocycles. The lowest BCUT2D eigenvalue weighted by molar-refractivity contribution is 0.0240. The minimum atomic E-state index is -0.656. The first-order valence-corrected chi connectivity index (χ1v) is 8.79. The van der Waals surface area contributed by atoms with Gasteiger partial charge in [0, 0.05) is 6.42 Å². The van der Waals surface area contributed by atoms with Crippen molar-refractivity contribution in [1.29, 1.82) is 5.26 Å². The maximum atomic E-state index is 12.9. The van der Waals surface area contributed by atoms with Crippen molar-refractivity contribution in [2.45, 2.75) is 32.3 Å². The summed E-state index contributed by atoms with van der Waals surface area (Å²) < 4.78 is 6.13. The fourth-order valence-electron chi connectivity index (χ4n) is 3.21. The number of rotatable bonds is 3. The van der Waals surface area contributed by atoms with Crippen LogP contribution in [0.25, 0.3) is 11.1 Å². The second-order valence-electron chi connectivity index (χ2n) is 6.66. The lowest BCUT2D eigenvalue weighted by atomic mass is 9.78. The van der Waals surface area contributed by atoms with Gasteiger partial charge in [0.25, 0.3) is 0 Å². The van der Waals surface area contributed by atoms with Gasteiger partial charge in [0.1, 0.15) is 11.4 Å². The van der Waals surface area contributed by atoms with Gasteiger partial charge in [0.15, 0.2) is 5.78 Å². The predicted octanol–water partition coefficient (Wildman–Crippen LogP) is 5.93. The van der Waals surface area contributed by atoms with Crippen LogP contribution in [-0.4, -0.2) is 11.4 Å². The Morgan fingerprint density at radius 2 is 1.80 bits per heavy atom. The molecule has 128 valence electrons. The van der Waals surface area contributed by atoms with Gasteiger partial charge in [-0.15, -0.1) is 0 Å². The molecule has 2 aromatic carbocycles.